The van der Waals surface area contributed by atoms with E-state index < -0.39 is 0 Å². The molecule has 0 saturated carbocycles. The van der Waals surface area contributed by atoms with Crippen LogP contribution < -0.4 is 5.32 Å². The van der Waals surface area contributed by atoms with Gasteiger partial charge >= 0.3 is 0 Å². The number of aryl methyl sites for hydroxylation is 3. The summed E-state index contributed by atoms with van der Waals surface area (Å²) in [6.07, 6.45) is 8.38. The molecule has 136 valence electrons. The van der Waals surface area contributed by atoms with Crippen molar-refractivity contribution >= 4 is 5.65 Å². The van der Waals surface area contributed by atoms with Crippen molar-refractivity contribution in [1.82, 2.24) is 29.8 Å². The molecule has 0 aliphatic carbocycles. The highest BCUT2D eigenvalue weighted by Crippen LogP contribution is 2.28. The lowest BCUT2D eigenvalue weighted by molar-refractivity contribution is 0.378. The van der Waals surface area contributed by atoms with E-state index in [0.717, 1.165) is 48.5 Å². The van der Waals surface area contributed by atoms with Crippen molar-refractivity contribution in [1.29, 1.82) is 0 Å². The molecule has 0 aromatic carbocycles. The summed E-state index contributed by atoms with van der Waals surface area (Å²) in [5, 5.41) is 7.62. The van der Waals surface area contributed by atoms with Gasteiger partial charge in [0.1, 0.15) is 5.65 Å². The van der Waals surface area contributed by atoms with Crippen LogP contribution in [-0.4, -0.2) is 31.1 Å². The van der Waals surface area contributed by atoms with Crippen LogP contribution in [0.3, 0.4) is 0 Å². The molecule has 0 atom stereocenters. The summed E-state index contributed by atoms with van der Waals surface area (Å²) in [7, 11) is 0. The smallest absolute Gasteiger partial charge is 0.227 e. The van der Waals surface area contributed by atoms with Crippen molar-refractivity contribution < 1.29 is 4.52 Å². The molecule has 27 heavy (non-hydrogen) atoms. The molecule has 0 bridgehead atoms. The van der Waals surface area contributed by atoms with Crippen LogP contribution in [-0.2, 0) is 25.8 Å². The first-order valence-corrected chi connectivity index (χ1v) is 9.21. The van der Waals surface area contributed by atoms with Crippen molar-refractivity contribution in [2.24, 2.45) is 0 Å². The van der Waals surface area contributed by atoms with Crippen molar-refractivity contribution in [3.05, 3.63) is 65.2 Å². The number of hydrogen-bond donors (Lipinski definition) is 1. The van der Waals surface area contributed by atoms with Gasteiger partial charge in [-0.15, -0.1) is 0 Å². The van der Waals surface area contributed by atoms with E-state index in [9.17, 15) is 0 Å². The van der Waals surface area contributed by atoms with Crippen LogP contribution in [0.25, 0.3) is 17.0 Å². The third kappa shape index (κ3) is 3.00. The Balaban J connectivity index is 1.39. The second-order valence-corrected chi connectivity index (χ2v) is 6.86. The fourth-order valence-corrected chi connectivity index (χ4v) is 3.67. The van der Waals surface area contributed by atoms with Crippen LogP contribution >= 0.6 is 0 Å². The molecule has 0 saturated heterocycles. The number of fused-ring (bicyclic) bond motifs is 2. The molecule has 5 heterocycles. The molecule has 0 amide bonds. The summed E-state index contributed by atoms with van der Waals surface area (Å²) in [5.74, 6) is 1.27. The number of imidazole rings is 1. The van der Waals surface area contributed by atoms with Gasteiger partial charge in [-0.25, -0.2) is 4.98 Å². The second kappa shape index (κ2) is 6.59. The molecule has 0 unspecified atom stereocenters. The third-order valence-corrected chi connectivity index (χ3v) is 5.03. The Labute approximate surface area is 156 Å². The predicted octanol–water partition coefficient (Wildman–Crippen LogP) is 2.52. The van der Waals surface area contributed by atoms with E-state index in [-0.39, 0.29) is 0 Å². The van der Waals surface area contributed by atoms with Gasteiger partial charge < -0.3 is 14.2 Å². The van der Waals surface area contributed by atoms with Gasteiger partial charge in [-0.1, -0.05) is 11.2 Å². The third-order valence-electron chi connectivity index (χ3n) is 5.03. The summed E-state index contributed by atoms with van der Waals surface area (Å²) in [6, 6.07) is 5.98. The predicted molar refractivity (Wildman–Crippen MR) is 100 cm³/mol. The molecular weight excluding hydrogens is 340 g/mol. The van der Waals surface area contributed by atoms with Crippen molar-refractivity contribution in [2.45, 2.75) is 32.7 Å². The lowest BCUT2D eigenvalue weighted by Crippen LogP contribution is -2.24. The van der Waals surface area contributed by atoms with Gasteiger partial charge in [0.05, 0.1) is 5.69 Å². The van der Waals surface area contributed by atoms with Crippen LogP contribution in [0, 0.1) is 6.92 Å². The Kier molecular flexibility index (Phi) is 3.94. The molecule has 1 N–H and O–H groups in total. The topological polar surface area (TPSA) is 81.1 Å². The molecule has 7 nitrogen and oxygen atoms in total. The highest BCUT2D eigenvalue weighted by molar-refractivity contribution is 5.64. The number of nitrogens with one attached hydrogen (secondary N) is 1. The van der Waals surface area contributed by atoms with E-state index in [1.165, 1.54) is 11.1 Å². The zero-order valence-corrected chi connectivity index (χ0v) is 15.1. The lowest BCUT2D eigenvalue weighted by Gasteiger charge is -2.19. The Morgan fingerprint density at radius 1 is 1.22 bits per heavy atom. The highest BCUT2D eigenvalue weighted by atomic mass is 16.5. The Morgan fingerprint density at radius 2 is 2.19 bits per heavy atom. The Hall–Kier alpha value is -3.06. The van der Waals surface area contributed by atoms with E-state index >= 15 is 0 Å². The first kappa shape index (κ1) is 16.1. The fraction of sp³-hybridized carbons (Fsp3) is 0.300. The van der Waals surface area contributed by atoms with E-state index in [2.05, 4.69) is 25.4 Å². The zero-order valence-electron chi connectivity index (χ0n) is 15.1. The SMILES string of the molecule is Cc1ncc2c(c1-c1noc(CCc3cn4ccccc4n3)n1)CCNC2. The van der Waals surface area contributed by atoms with Crippen LogP contribution in [0.15, 0.2) is 41.3 Å². The molecule has 7 heteroatoms. The van der Waals surface area contributed by atoms with Gasteiger partial charge in [0, 0.05) is 42.8 Å². The first-order valence-electron chi connectivity index (χ1n) is 9.21. The summed E-state index contributed by atoms with van der Waals surface area (Å²) in [4.78, 5) is 13.8. The largest absolute Gasteiger partial charge is 0.339 e. The summed E-state index contributed by atoms with van der Waals surface area (Å²) < 4.78 is 7.54. The minimum absolute atomic E-state index is 0.632. The Morgan fingerprint density at radius 3 is 3.11 bits per heavy atom. The molecule has 0 spiro atoms. The molecule has 0 radical (unpaired) electrons. The van der Waals surface area contributed by atoms with E-state index in [0.29, 0.717) is 18.1 Å². The number of nitrogens with zero attached hydrogens (tertiary/aromatic N) is 5. The van der Waals surface area contributed by atoms with Crippen LogP contribution in [0.4, 0.5) is 0 Å². The number of hydrogen-bond acceptors (Lipinski definition) is 6. The minimum atomic E-state index is 0.632. The van der Waals surface area contributed by atoms with Gasteiger partial charge in [-0.05, 0) is 49.6 Å². The van der Waals surface area contributed by atoms with Gasteiger partial charge in [0.2, 0.25) is 11.7 Å². The van der Waals surface area contributed by atoms with Gasteiger partial charge in [0.15, 0.2) is 0 Å². The monoisotopic (exact) mass is 360 g/mol. The number of aromatic nitrogens is 5. The van der Waals surface area contributed by atoms with Crippen LogP contribution in [0.5, 0.6) is 0 Å². The van der Waals surface area contributed by atoms with E-state index in [1.54, 1.807) is 0 Å². The highest BCUT2D eigenvalue weighted by Gasteiger charge is 2.21. The molecule has 1 aliphatic heterocycles. The number of pyridine rings is 2. The average molecular weight is 360 g/mol. The number of rotatable bonds is 4. The van der Waals surface area contributed by atoms with E-state index in [4.69, 9.17) is 4.52 Å². The van der Waals surface area contributed by atoms with Gasteiger partial charge in [-0.3, -0.25) is 4.98 Å². The summed E-state index contributed by atoms with van der Waals surface area (Å²) in [5.41, 5.74) is 6.44. The maximum absolute atomic E-state index is 5.52. The Bertz CT molecular complexity index is 1080. The van der Waals surface area contributed by atoms with E-state index in [1.807, 2.05) is 48.1 Å². The van der Waals surface area contributed by atoms with Crippen molar-refractivity contribution in [2.75, 3.05) is 6.54 Å². The summed E-state index contributed by atoms with van der Waals surface area (Å²) in [6.45, 7) is 3.81. The lowest BCUT2D eigenvalue weighted by atomic mass is 9.95. The molecule has 4 aromatic rings. The van der Waals surface area contributed by atoms with Gasteiger partial charge in [-0.2, -0.15) is 4.98 Å². The van der Waals surface area contributed by atoms with Gasteiger partial charge in [0.25, 0.3) is 0 Å². The van der Waals surface area contributed by atoms with Crippen LogP contribution in [0.1, 0.15) is 28.4 Å². The second-order valence-electron chi connectivity index (χ2n) is 6.86. The normalized spacial score (nSPS) is 13.8. The minimum Gasteiger partial charge on any atom is -0.339 e. The fourth-order valence-electron chi connectivity index (χ4n) is 3.67. The average Bonchev–Trinajstić information content (AvgIpc) is 3.32. The van der Waals surface area contributed by atoms with Crippen molar-refractivity contribution in [3.8, 4) is 11.4 Å². The molecule has 0 fully saturated rings. The zero-order chi connectivity index (χ0) is 18.2. The van der Waals surface area contributed by atoms with Crippen molar-refractivity contribution in [3.63, 3.8) is 0 Å². The molecular formula is C20H20N6O. The molecule has 1 aliphatic rings. The molecule has 5 rings (SSSR count). The first-order chi connectivity index (χ1) is 13.3. The maximum Gasteiger partial charge on any atom is 0.227 e. The summed E-state index contributed by atoms with van der Waals surface area (Å²) >= 11 is 0. The molecule has 4 aromatic heterocycles. The van der Waals surface area contributed by atoms with Crippen LogP contribution in [0.2, 0.25) is 0 Å². The maximum atomic E-state index is 5.52. The standard InChI is InChI=1S/C20H20N6O/c1-13-19(16-7-8-21-10-14(16)11-22-13)20-24-18(27-25-20)6-5-15-12-26-9-3-2-4-17(26)23-15/h2-4,9,11-12,21H,5-8,10H2,1H3. The quantitative estimate of drug-likeness (QED) is 0.602.